The van der Waals surface area contributed by atoms with E-state index in [1.807, 2.05) is 24.3 Å². The minimum Gasteiger partial charge on any atom is -0.497 e. The molecule has 8 heteroatoms. The molecular formula is C17H21N5O3. The number of carbonyl (C=O) groups is 1. The number of nitrogens with two attached hydrogens (primary N) is 1. The van der Waals surface area contributed by atoms with Crippen LogP contribution in [0, 0.1) is 5.92 Å². The molecule has 1 amide bonds. The van der Waals surface area contributed by atoms with E-state index in [0.29, 0.717) is 36.1 Å². The van der Waals surface area contributed by atoms with Gasteiger partial charge >= 0.3 is 0 Å². The number of primary amides is 1. The molecule has 132 valence electrons. The predicted molar refractivity (Wildman–Crippen MR) is 92.0 cm³/mol. The Balaban J connectivity index is 2.10. The van der Waals surface area contributed by atoms with Gasteiger partial charge in [-0.05, 0) is 31.0 Å². The largest absolute Gasteiger partial charge is 0.497 e. The van der Waals surface area contributed by atoms with Gasteiger partial charge in [-0.3, -0.25) is 4.79 Å². The number of aliphatic hydroxyl groups excluding tert-OH is 1. The number of carbonyl (C=O) groups excluding carboxylic acids is 1. The molecule has 0 radical (unpaired) electrons. The van der Waals surface area contributed by atoms with E-state index in [-0.39, 0.29) is 6.61 Å². The van der Waals surface area contributed by atoms with Crippen LogP contribution in [0.15, 0.2) is 29.3 Å². The summed E-state index contributed by atoms with van der Waals surface area (Å²) in [6, 6.07) is 7.02. The van der Waals surface area contributed by atoms with Crippen LogP contribution in [-0.2, 0) is 11.2 Å². The van der Waals surface area contributed by atoms with Crippen LogP contribution in [-0.4, -0.2) is 45.2 Å². The lowest BCUT2D eigenvalue weighted by Crippen LogP contribution is -2.39. The zero-order chi connectivity index (χ0) is 18.0. The van der Waals surface area contributed by atoms with Crippen LogP contribution < -0.4 is 10.5 Å². The Morgan fingerprint density at radius 3 is 2.92 bits per heavy atom. The fraction of sp³-hybridized carbons (Fsp3) is 0.412. The fourth-order valence-electron chi connectivity index (χ4n) is 3.08. The van der Waals surface area contributed by atoms with E-state index < -0.39 is 17.9 Å². The van der Waals surface area contributed by atoms with Gasteiger partial charge in [0.15, 0.2) is 5.82 Å². The normalized spacial score (nSPS) is 19.2. The zero-order valence-electron chi connectivity index (χ0n) is 14.2. The van der Waals surface area contributed by atoms with Crippen molar-refractivity contribution in [1.82, 2.24) is 14.8 Å². The summed E-state index contributed by atoms with van der Waals surface area (Å²) in [7, 11) is 1.59. The third-order valence-corrected chi connectivity index (χ3v) is 4.26. The van der Waals surface area contributed by atoms with E-state index in [2.05, 4.69) is 15.1 Å². The predicted octanol–water partition coefficient (Wildman–Crippen LogP) is 1.01. The van der Waals surface area contributed by atoms with Crippen LogP contribution >= 0.6 is 0 Å². The topological polar surface area (TPSA) is 116 Å². The number of rotatable bonds is 6. The highest BCUT2D eigenvalue weighted by Gasteiger charge is 2.38. The smallest absolute Gasteiger partial charge is 0.248 e. The molecule has 2 atom stereocenters. The summed E-state index contributed by atoms with van der Waals surface area (Å²) in [6.45, 7) is 1.84. The summed E-state index contributed by atoms with van der Waals surface area (Å²) >= 11 is 0. The molecule has 0 fully saturated rings. The zero-order valence-corrected chi connectivity index (χ0v) is 14.2. The summed E-state index contributed by atoms with van der Waals surface area (Å²) in [5.74, 6) is 0.622. The molecule has 2 unspecified atom stereocenters. The Kier molecular flexibility index (Phi) is 4.80. The van der Waals surface area contributed by atoms with Crippen LogP contribution in [0.25, 0.3) is 0 Å². The molecule has 0 spiro atoms. The molecule has 3 rings (SSSR count). The molecule has 0 bridgehead atoms. The molecule has 1 aliphatic heterocycles. The van der Waals surface area contributed by atoms with E-state index in [0.717, 1.165) is 5.56 Å². The van der Waals surface area contributed by atoms with Gasteiger partial charge in [-0.2, -0.15) is 10.1 Å². The second kappa shape index (κ2) is 7.02. The molecule has 2 aromatic rings. The highest BCUT2D eigenvalue weighted by Crippen LogP contribution is 2.36. The minimum atomic E-state index is -0.619. The van der Waals surface area contributed by atoms with Crippen molar-refractivity contribution >= 4 is 17.6 Å². The van der Waals surface area contributed by atoms with Crippen LogP contribution in [0.2, 0.25) is 0 Å². The SMILES string of the molecule is COc1cccc(C2C(C(N)=O)C(C)=Nc3nc(CCCO)nn32)c1. The number of nitrogens with zero attached hydrogens (tertiary/aromatic N) is 4. The second-order valence-corrected chi connectivity index (χ2v) is 5.95. The first kappa shape index (κ1) is 17.1. The summed E-state index contributed by atoms with van der Waals surface area (Å²) in [5, 5.41) is 13.5. The van der Waals surface area contributed by atoms with Crippen molar-refractivity contribution in [2.24, 2.45) is 16.6 Å². The fourth-order valence-corrected chi connectivity index (χ4v) is 3.08. The van der Waals surface area contributed by atoms with Gasteiger partial charge in [0.05, 0.1) is 13.2 Å². The number of aromatic nitrogens is 3. The lowest BCUT2D eigenvalue weighted by Gasteiger charge is -2.29. The molecule has 25 heavy (non-hydrogen) atoms. The number of hydrogen-bond acceptors (Lipinski definition) is 6. The molecule has 0 saturated heterocycles. The van der Waals surface area contributed by atoms with Gasteiger partial charge in [0.1, 0.15) is 11.7 Å². The summed E-state index contributed by atoms with van der Waals surface area (Å²) < 4.78 is 6.94. The minimum absolute atomic E-state index is 0.0649. The number of amides is 1. The third kappa shape index (κ3) is 3.25. The maximum atomic E-state index is 12.1. The molecule has 1 aromatic heterocycles. The van der Waals surface area contributed by atoms with E-state index in [1.165, 1.54) is 0 Å². The van der Waals surface area contributed by atoms with Crippen molar-refractivity contribution in [3.05, 3.63) is 35.7 Å². The Morgan fingerprint density at radius 1 is 1.44 bits per heavy atom. The Bertz CT molecular complexity index is 814. The maximum Gasteiger partial charge on any atom is 0.248 e. The van der Waals surface area contributed by atoms with Gasteiger partial charge < -0.3 is 15.6 Å². The summed E-state index contributed by atoms with van der Waals surface area (Å²) in [6.07, 6.45) is 1.10. The average Bonchev–Trinajstić information content (AvgIpc) is 3.00. The Labute approximate surface area is 145 Å². The number of aliphatic hydroxyl groups is 1. The van der Waals surface area contributed by atoms with Gasteiger partial charge in [-0.15, -0.1) is 0 Å². The lowest BCUT2D eigenvalue weighted by molar-refractivity contribution is -0.120. The molecular weight excluding hydrogens is 322 g/mol. The summed E-state index contributed by atoms with van der Waals surface area (Å²) in [4.78, 5) is 20.9. The van der Waals surface area contributed by atoms with E-state index in [1.54, 1.807) is 18.7 Å². The molecule has 0 aliphatic carbocycles. The molecule has 0 saturated carbocycles. The molecule has 8 nitrogen and oxygen atoms in total. The second-order valence-electron chi connectivity index (χ2n) is 5.95. The summed E-state index contributed by atoms with van der Waals surface area (Å²) in [5.41, 5.74) is 7.10. The van der Waals surface area contributed by atoms with Crippen LogP contribution in [0.1, 0.15) is 30.8 Å². The van der Waals surface area contributed by atoms with Crippen LogP contribution in [0.4, 0.5) is 5.95 Å². The van der Waals surface area contributed by atoms with E-state index in [9.17, 15) is 4.79 Å². The molecule has 1 aliphatic rings. The van der Waals surface area contributed by atoms with E-state index in [4.69, 9.17) is 15.6 Å². The monoisotopic (exact) mass is 343 g/mol. The lowest BCUT2D eigenvalue weighted by atomic mass is 9.88. The maximum absolute atomic E-state index is 12.1. The standard InChI is InChI=1S/C17H21N5O3/c1-10-14(16(18)24)15(11-5-3-6-12(9-11)25-2)22-17(19-10)20-13(21-22)7-4-8-23/h3,5-6,9,14-15,23H,4,7-8H2,1-2H3,(H2,18,24). The number of aliphatic imine (C=N–C) groups is 1. The van der Waals surface area contributed by atoms with Crippen molar-refractivity contribution < 1.29 is 14.6 Å². The third-order valence-electron chi connectivity index (χ3n) is 4.26. The number of benzene rings is 1. The van der Waals surface area contributed by atoms with Crippen LogP contribution in [0.5, 0.6) is 5.75 Å². The first-order chi connectivity index (χ1) is 12.0. The van der Waals surface area contributed by atoms with Crippen molar-refractivity contribution in [3.63, 3.8) is 0 Å². The van der Waals surface area contributed by atoms with Gasteiger partial charge in [0.25, 0.3) is 0 Å². The molecule has 3 N–H and O–H groups in total. The van der Waals surface area contributed by atoms with Crippen molar-refractivity contribution in [2.45, 2.75) is 25.8 Å². The Hall–Kier alpha value is -2.74. The van der Waals surface area contributed by atoms with Crippen molar-refractivity contribution in [2.75, 3.05) is 13.7 Å². The highest BCUT2D eigenvalue weighted by atomic mass is 16.5. The quantitative estimate of drug-likeness (QED) is 0.812. The number of methoxy groups -OCH3 is 1. The number of fused-ring (bicyclic) bond motifs is 1. The van der Waals surface area contributed by atoms with Gasteiger partial charge in [0.2, 0.25) is 11.9 Å². The first-order valence-corrected chi connectivity index (χ1v) is 8.10. The number of ether oxygens (including phenoxy) is 1. The van der Waals surface area contributed by atoms with Gasteiger partial charge in [-0.25, -0.2) is 9.67 Å². The van der Waals surface area contributed by atoms with Gasteiger partial charge in [0, 0.05) is 18.7 Å². The average molecular weight is 343 g/mol. The molecule has 1 aromatic carbocycles. The van der Waals surface area contributed by atoms with Gasteiger partial charge in [-0.1, -0.05) is 12.1 Å². The van der Waals surface area contributed by atoms with E-state index >= 15 is 0 Å². The highest BCUT2D eigenvalue weighted by molar-refractivity contribution is 6.04. The Morgan fingerprint density at radius 2 is 2.24 bits per heavy atom. The van der Waals surface area contributed by atoms with Crippen LogP contribution in [0.3, 0.4) is 0 Å². The first-order valence-electron chi connectivity index (χ1n) is 8.10. The number of hydrogen-bond donors (Lipinski definition) is 2. The van der Waals surface area contributed by atoms with Crippen molar-refractivity contribution in [1.29, 1.82) is 0 Å². The van der Waals surface area contributed by atoms with Crippen molar-refractivity contribution in [3.8, 4) is 5.75 Å². The molecule has 2 heterocycles. The number of aryl methyl sites for hydroxylation is 1.